The second-order valence-electron chi connectivity index (χ2n) is 5.42. The second-order valence-corrected chi connectivity index (χ2v) is 8.57. The minimum Gasteiger partial charge on any atom is -0.320 e. The van der Waals surface area contributed by atoms with Crippen LogP contribution in [0.3, 0.4) is 0 Å². The first-order chi connectivity index (χ1) is 7.61. The Balaban J connectivity index is 2.84. The Labute approximate surface area is 104 Å². The van der Waals surface area contributed by atoms with Crippen molar-refractivity contribution in [2.75, 3.05) is 6.54 Å². The maximum atomic E-state index is 3.98. The highest BCUT2D eigenvalue weighted by molar-refractivity contribution is 6.56. The summed E-state index contributed by atoms with van der Waals surface area (Å²) in [6.45, 7) is 14.9. The monoisotopic (exact) mass is 239 g/mol. The molecule has 1 nitrogen and oxygen atoms in total. The number of piperidine rings is 1. The van der Waals surface area contributed by atoms with Gasteiger partial charge in [0, 0.05) is 5.54 Å². The van der Waals surface area contributed by atoms with Crippen LogP contribution >= 0.6 is 0 Å². The molecule has 0 amide bonds. The molecule has 0 aromatic heterocycles. The number of hydrogen-bond acceptors (Lipinski definition) is 1. The maximum Gasteiger partial charge on any atom is 0.116 e. The van der Waals surface area contributed by atoms with Crippen molar-refractivity contribution >= 4 is 8.96 Å². The summed E-state index contributed by atoms with van der Waals surface area (Å²) in [7, 11) is -0.823. The van der Waals surface area contributed by atoms with E-state index in [0.29, 0.717) is 5.54 Å². The first-order valence-corrected chi connectivity index (χ1v) is 9.34. The lowest BCUT2D eigenvalue weighted by Crippen LogP contribution is -2.57. The van der Waals surface area contributed by atoms with Crippen molar-refractivity contribution in [3.05, 3.63) is 12.7 Å². The third-order valence-corrected chi connectivity index (χ3v) is 8.42. The molecule has 0 saturated carbocycles. The topological polar surface area (TPSA) is 3.24 Å². The van der Waals surface area contributed by atoms with E-state index in [0.717, 1.165) is 5.54 Å². The second kappa shape index (κ2) is 6.01. The van der Waals surface area contributed by atoms with Crippen LogP contribution in [0.5, 0.6) is 0 Å². The number of rotatable bonds is 5. The molecular weight excluding hydrogens is 210 g/mol. The van der Waals surface area contributed by atoms with Gasteiger partial charge in [0.15, 0.2) is 0 Å². The zero-order chi connectivity index (χ0) is 12.2. The van der Waals surface area contributed by atoms with Crippen LogP contribution in [0.2, 0.25) is 12.1 Å². The van der Waals surface area contributed by atoms with Crippen LogP contribution in [-0.4, -0.2) is 25.6 Å². The Morgan fingerprint density at radius 1 is 1.38 bits per heavy atom. The average molecular weight is 239 g/mol. The SMILES string of the molecule is C=CC(C)[SiH](C)N1CCCCC1(CC)CC. The van der Waals surface area contributed by atoms with Crippen molar-refractivity contribution < 1.29 is 0 Å². The van der Waals surface area contributed by atoms with E-state index in [-0.39, 0.29) is 0 Å². The molecule has 0 aromatic rings. The van der Waals surface area contributed by atoms with Gasteiger partial charge in [0.2, 0.25) is 0 Å². The van der Waals surface area contributed by atoms with E-state index in [1.807, 2.05) is 0 Å². The normalized spacial score (nSPS) is 25.0. The molecule has 1 saturated heterocycles. The van der Waals surface area contributed by atoms with Crippen molar-refractivity contribution in [1.29, 1.82) is 0 Å². The molecule has 1 aliphatic rings. The van der Waals surface area contributed by atoms with E-state index in [1.54, 1.807) is 0 Å². The van der Waals surface area contributed by atoms with Crippen molar-refractivity contribution in [2.24, 2.45) is 0 Å². The van der Waals surface area contributed by atoms with Gasteiger partial charge in [0.25, 0.3) is 0 Å². The summed E-state index contributed by atoms with van der Waals surface area (Å²) in [5.41, 5.74) is 1.26. The van der Waals surface area contributed by atoms with Gasteiger partial charge >= 0.3 is 0 Å². The molecule has 1 aliphatic heterocycles. The maximum absolute atomic E-state index is 3.98. The smallest absolute Gasteiger partial charge is 0.116 e. The van der Waals surface area contributed by atoms with Crippen molar-refractivity contribution in [1.82, 2.24) is 4.57 Å². The summed E-state index contributed by atoms with van der Waals surface area (Å²) < 4.78 is 2.91. The molecular formula is C14H29NSi. The van der Waals surface area contributed by atoms with E-state index in [2.05, 4.69) is 44.5 Å². The first kappa shape index (κ1) is 14.0. The van der Waals surface area contributed by atoms with Crippen LogP contribution in [0.25, 0.3) is 0 Å². The van der Waals surface area contributed by atoms with Gasteiger partial charge < -0.3 is 4.57 Å². The highest BCUT2D eigenvalue weighted by Gasteiger charge is 2.39. The molecule has 0 bridgehead atoms. The Morgan fingerprint density at radius 2 is 2.00 bits per heavy atom. The molecule has 1 rings (SSSR count). The van der Waals surface area contributed by atoms with Crippen LogP contribution in [0.15, 0.2) is 12.7 Å². The van der Waals surface area contributed by atoms with Crippen LogP contribution < -0.4 is 0 Å². The average Bonchev–Trinajstić information content (AvgIpc) is 2.36. The first-order valence-electron chi connectivity index (χ1n) is 7.00. The molecule has 0 N–H and O–H groups in total. The highest BCUT2D eigenvalue weighted by Crippen LogP contribution is 2.36. The largest absolute Gasteiger partial charge is 0.320 e. The van der Waals surface area contributed by atoms with E-state index in [1.165, 1.54) is 38.6 Å². The minimum absolute atomic E-state index is 0.529. The lowest BCUT2D eigenvalue weighted by Gasteiger charge is -2.51. The van der Waals surface area contributed by atoms with Crippen LogP contribution in [0.1, 0.15) is 52.9 Å². The van der Waals surface area contributed by atoms with E-state index >= 15 is 0 Å². The predicted octanol–water partition coefficient (Wildman–Crippen LogP) is 3.96. The summed E-state index contributed by atoms with van der Waals surface area (Å²) in [5.74, 6) is 0. The van der Waals surface area contributed by atoms with Gasteiger partial charge in [-0.3, -0.25) is 0 Å². The number of hydrogen-bond donors (Lipinski definition) is 0. The van der Waals surface area contributed by atoms with Gasteiger partial charge in [-0.25, -0.2) is 0 Å². The third kappa shape index (κ3) is 2.59. The minimum atomic E-state index is -0.823. The van der Waals surface area contributed by atoms with E-state index < -0.39 is 8.96 Å². The van der Waals surface area contributed by atoms with E-state index in [9.17, 15) is 0 Å². The standard InChI is InChI=1S/C14H29NSi/c1-6-13(4)16(5)15-12-10-9-11-14(15,7-2)8-3/h6,13,16H,1,7-12H2,2-5H3. The van der Waals surface area contributed by atoms with Crippen molar-refractivity contribution in [2.45, 2.75) is 70.5 Å². The summed E-state index contributed by atoms with van der Waals surface area (Å²) in [6, 6.07) is 0. The fourth-order valence-corrected chi connectivity index (χ4v) is 6.15. The summed E-state index contributed by atoms with van der Waals surface area (Å²) >= 11 is 0. The molecule has 0 radical (unpaired) electrons. The quantitative estimate of drug-likeness (QED) is 0.518. The van der Waals surface area contributed by atoms with Crippen LogP contribution in [0.4, 0.5) is 0 Å². The van der Waals surface area contributed by atoms with Crippen molar-refractivity contribution in [3.63, 3.8) is 0 Å². The molecule has 2 unspecified atom stereocenters. The molecule has 1 fully saturated rings. The third-order valence-electron chi connectivity index (χ3n) is 4.84. The van der Waals surface area contributed by atoms with Crippen molar-refractivity contribution in [3.8, 4) is 0 Å². The predicted molar refractivity (Wildman–Crippen MR) is 76.5 cm³/mol. The van der Waals surface area contributed by atoms with Gasteiger partial charge in [-0.1, -0.05) is 39.8 Å². The molecule has 1 heterocycles. The molecule has 0 spiro atoms. The fourth-order valence-electron chi connectivity index (χ4n) is 3.24. The molecule has 0 aliphatic carbocycles. The number of allylic oxidation sites excluding steroid dienone is 1. The van der Waals surface area contributed by atoms with Gasteiger partial charge in [0.05, 0.1) is 0 Å². The highest BCUT2D eigenvalue weighted by atomic mass is 28.3. The number of nitrogens with zero attached hydrogens (tertiary/aromatic N) is 1. The summed E-state index contributed by atoms with van der Waals surface area (Å²) in [6.07, 6.45) is 9.07. The van der Waals surface area contributed by atoms with Crippen LogP contribution in [-0.2, 0) is 0 Å². The van der Waals surface area contributed by atoms with Gasteiger partial charge in [0.1, 0.15) is 8.96 Å². The Kier molecular flexibility index (Phi) is 5.26. The Morgan fingerprint density at radius 3 is 2.50 bits per heavy atom. The summed E-state index contributed by atoms with van der Waals surface area (Å²) in [5, 5.41) is 0. The Hall–Kier alpha value is -0.0831. The van der Waals surface area contributed by atoms with Gasteiger partial charge in [-0.15, -0.1) is 6.58 Å². The van der Waals surface area contributed by atoms with Crippen LogP contribution in [0, 0.1) is 0 Å². The van der Waals surface area contributed by atoms with E-state index in [4.69, 9.17) is 0 Å². The lowest BCUT2D eigenvalue weighted by atomic mass is 9.84. The Bertz CT molecular complexity index is 223. The molecule has 16 heavy (non-hydrogen) atoms. The summed E-state index contributed by atoms with van der Waals surface area (Å²) in [4.78, 5) is 0. The molecule has 94 valence electrons. The van der Waals surface area contributed by atoms with Gasteiger partial charge in [-0.2, -0.15) is 0 Å². The molecule has 2 heteroatoms. The molecule has 2 atom stereocenters. The fraction of sp³-hybridized carbons (Fsp3) is 0.857. The van der Waals surface area contributed by atoms with Gasteiger partial charge in [-0.05, 0) is 37.8 Å². The zero-order valence-corrected chi connectivity index (χ0v) is 12.8. The molecule has 0 aromatic carbocycles. The lowest BCUT2D eigenvalue weighted by molar-refractivity contribution is 0.114. The zero-order valence-electron chi connectivity index (χ0n) is 11.6.